The van der Waals surface area contributed by atoms with E-state index in [0.29, 0.717) is 6.61 Å². The summed E-state index contributed by atoms with van der Waals surface area (Å²) in [5.41, 5.74) is 0. The number of carbonyl (C=O) groups is 1. The maximum absolute atomic E-state index is 10.4. The molecule has 3 heteroatoms. The van der Waals surface area contributed by atoms with Crippen LogP contribution in [0.3, 0.4) is 0 Å². The van der Waals surface area contributed by atoms with Crippen LogP contribution in [-0.2, 0) is 9.53 Å². The van der Waals surface area contributed by atoms with Crippen molar-refractivity contribution in [2.45, 2.75) is 13.3 Å². The summed E-state index contributed by atoms with van der Waals surface area (Å²) in [6, 6.07) is 0. The van der Waals surface area contributed by atoms with Crippen LogP contribution in [0.25, 0.3) is 0 Å². The fourth-order valence-electron chi connectivity index (χ4n) is 0.755. The van der Waals surface area contributed by atoms with E-state index in [0.717, 1.165) is 6.42 Å². The maximum atomic E-state index is 10.4. The summed E-state index contributed by atoms with van der Waals surface area (Å²) < 4.78 is 4.82. The van der Waals surface area contributed by atoms with Crippen LogP contribution in [0.15, 0.2) is 0 Å². The molecule has 0 aromatic heterocycles. The molecule has 0 unspecified atom stereocenters. The van der Waals surface area contributed by atoms with Gasteiger partial charge in [0.05, 0.1) is 12.8 Å². The summed E-state index contributed by atoms with van der Waals surface area (Å²) in [7, 11) is -0.667. The molecule has 0 aromatic rings. The first-order valence-electron chi connectivity index (χ1n) is 3.85. The molecule has 0 aliphatic carbocycles. The number of carbonyl (C=O) groups excluding carboxylic acids is 1. The molecule has 0 bridgehead atoms. The van der Waals surface area contributed by atoms with Gasteiger partial charge in [-0.3, -0.25) is 4.79 Å². The van der Waals surface area contributed by atoms with E-state index in [4.69, 9.17) is 4.74 Å². The normalized spacial score (nSPS) is 11.3. The molecule has 0 saturated heterocycles. The summed E-state index contributed by atoms with van der Waals surface area (Å²) in [4.78, 5) is 10.4. The van der Waals surface area contributed by atoms with Crippen LogP contribution in [0.1, 0.15) is 13.3 Å². The Hall–Kier alpha value is -0.100. The molecule has 0 amide bonds. The molecular formula is C8H18O2P+. The topological polar surface area (TPSA) is 26.3 Å². The Bertz CT molecular complexity index is 127. The van der Waals surface area contributed by atoms with Crippen molar-refractivity contribution < 1.29 is 9.53 Å². The number of hydrogen-bond donors (Lipinski definition) is 0. The third kappa shape index (κ3) is 9.90. The zero-order chi connectivity index (χ0) is 8.91. The zero-order valence-corrected chi connectivity index (χ0v) is 8.78. The van der Waals surface area contributed by atoms with Gasteiger partial charge in [-0.1, -0.05) is 0 Å². The molecule has 0 atom stereocenters. The van der Waals surface area contributed by atoms with Gasteiger partial charge >= 0.3 is 5.97 Å². The highest BCUT2D eigenvalue weighted by molar-refractivity contribution is 7.73. The van der Waals surface area contributed by atoms with Crippen LogP contribution in [0.2, 0.25) is 0 Å². The average molecular weight is 177 g/mol. The standard InChI is InChI=1S/C8H18O2P/c1-8(9)10-6-5-7-11(2,3)4/h5-7H2,1-4H3/q+1. The lowest BCUT2D eigenvalue weighted by molar-refractivity contribution is -0.140. The third-order valence-corrected chi connectivity index (χ3v) is 2.94. The molecule has 0 aliphatic heterocycles. The molecule has 0 N–H and O–H groups in total. The number of hydrogen-bond acceptors (Lipinski definition) is 2. The van der Waals surface area contributed by atoms with E-state index < -0.39 is 7.26 Å². The summed E-state index contributed by atoms with van der Waals surface area (Å²) in [5, 5.41) is 0. The van der Waals surface area contributed by atoms with Crippen LogP contribution in [0.4, 0.5) is 0 Å². The van der Waals surface area contributed by atoms with Crippen molar-refractivity contribution in [1.29, 1.82) is 0 Å². The second-order valence-electron chi connectivity index (χ2n) is 3.71. The average Bonchev–Trinajstić information content (AvgIpc) is 1.78. The summed E-state index contributed by atoms with van der Waals surface area (Å²) in [5.74, 6) is -0.169. The van der Waals surface area contributed by atoms with E-state index in [9.17, 15) is 4.79 Å². The third-order valence-electron chi connectivity index (χ3n) is 1.28. The maximum Gasteiger partial charge on any atom is 0.302 e. The first kappa shape index (κ1) is 10.9. The van der Waals surface area contributed by atoms with Gasteiger partial charge in [-0.05, 0) is 0 Å². The first-order valence-corrected chi connectivity index (χ1v) is 7.17. The second-order valence-corrected chi connectivity index (χ2v) is 8.74. The number of rotatable bonds is 4. The van der Waals surface area contributed by atoms with Crippen LogP contribution < -0.4 is 0 Å². The van der Waals surface area contributed by atoms with Crippen LogP contribution in [0.5, 0.6) is 0 Å². The highest BCUT2D eigenvalue weighted by Gasteiger charge is 2.15. The molecule has 66 valence electrons. The van der Waals surface area contributed by atoms with Crippen LogP contribution >= 0.6 is 7.26 Å². The van der Waals surface area contributed by atoms with Gasteiger partial charge in [0.15, 0.2) is 0 Å². The lowest BCUT2D eigenvalue weighted by atomic mass is 10.5. The van der Waals surface area contributed by atoms with Gasteiger partial charge in [-0.2, -0.15) is 0 Å². The van der Waals surface area contributed by atoms with Gasteiger partial charge in [-0.25, -0.2) is 0 Å². The number of esters is 1. The molecule has 11 heavy (non-hydrogen) atoms. The molecule has 0 spiro atoms. The van der Waals surface area contributed by atoms with Gasteiger partial charge in [0.25, 0.3) is 0 Å². The van der Waals surface area contributed by atoms with E-state index in [2.05, 4.69) is 20.0 Å². The fourth-order valence-corrected chi connectivity index (χ4v) is 1.83. The van der Waals surface area contributed by atoms with Crippen molar-refractivity contribution in [2.75, 3.05) is 32.8 Å². The Labute approximate surface area is 69.7 Å². The second kappa shape index (κ2) is 4.71. The lowest BCUT2D eigenvalue weighted by Crippen LogP contribution is -2.03. The minimum Gasteiger partial charge on any atom is -0.466 e. The fraction of sp³-hybridized carbons (Fsp3) is 0.875. The largest absolute Gasteiger partial charge is 0.466 e. The van der Waals surface area contributed by atoms with Gasteiger partial charge in [0.2, 0.25) is 0 Å². The highest BCUT2D eigenvalue weighted by atomic mass is 31.2. The SMILES string of the molecule is CC(=O)OCCC[P+](C)(C)C. The molecule has 0 radical (unpaired) electrons. The highest BCUT2D eigenvalue weighted by Crippen LogP contribution is 2.46. The molecule has 0 aromatic carbocycles. The Balaban J connectivity index is 3.22. The van der Waals surface area contributed by atoms with E-state index in [-0.39, 0.29) is 5.97 Å². The van der Waals surface area contributed by atoms with Gasteiger partial charge in [-0.15, -0.1) is 0 Å². The van der Waals surface area contributed by atoms with Crippen molar-refractivity contribution in [1.82, 2.24) is 0 Å². The van der Waals surface area contributed by atoms with E-state index in [1.165, 1.54) is 13.1 Å². The minimum absolute atomic E-state index is 0.169. The molecule has 0 fully saturated rings. The van der Waals surface area contributed by atoms with Crippen molar-refractivity contribution in [3.8, 4) is 0 Å². The van der Waals surface area contributed by atoms with Crippen molar-refractivity contribution in [2.24, 2.45) is 0 Å². The molecule has 2 nitrogen and oxygen atoms in total. The van der Waals surface area contributed by atoms with E-state index in [1.807, 2.05) is 0 Å². The number of ether oxygens (including phenoxy) is 1. The predicted molar refractivity (Wildman–Crippen MR) is 50.8 cm³/mol. The van der Waals surface area contributed by atoms with Gasteiger partial charge in [0.1, 0.15) is 0 Å². The Morgan fingerprint density at radius 2 is 1.91 bits per heavy atom. The van der Waals surface area contributed by atoms with Crippen molar-refractivity contribution >= 4 is 13.2 Å². The predicted octanol–water partition coefficient (Wildman–Crippen LogP) is 1.85. The van der Waals surface area contributed by atoms with Crippen LogP contribution in [-0.4, -0.2) is 38.7 Å². The van der Waals surface area contributed by atoms with Crippen LogP contribution in [0, 0.1) is 0 Å². The Morgan fingerprint density at radius 3 is 2.27 bits per heavy atom. The molecule has 0 aliphatic rings. The van der Waals surface area contributed by atoms with E-state index >= 15 is 0 Å². The molecule has 0 heterocycles. The Morgan fingerprint density at radius 1 is 1.36 bits per heavy atom. The van der Waals surface area contributed by atoms with Gasteiger partial charge in [0, 0.05) is 40.6 Å². The zero-order valence-electron chi connectivity index (χ0n) is 7.89. The Kier molecular flexibility index (Phi) is 4.67. The summed E-state index contributed by atoms with van der Waals surface area (Å²) >= 11 is 0. The van der Waals surface area contributed by atoms with Gasteiger partial charge < -0.3 is 4.74 Å². The first-order chi connectivity index (χ1) is 4.92. The smallest absolute Gasteiger partial charge is 0.302 e. The van der Waals surface area contributed by atoms with E-state index in [1.54, 1.807) is 0 Å². The molecule has 0 saturated carbocycles. The summed E-state index contributed by atoms with van der Waals surface area (Å²) in [6.07, 6.45) is 2.22. The molecular weight excluding hydrogens is 159 g/mol. The monoisotopic (exact) mass is 177 g/mol. The summed E-state index contributed by atoms with van der Waals surface area (Å²) in [6.45, 7) is 8.92. The quantitative estimate of drug-likeness (QED) is 0.372. The lowest BCUT2D eigenvalue weighted by Gasteiger charge is -2.10. The van der Waals surface area contributed by atoms with Crippen molar-refractivity contribution in [3.05, 3.63) is 0 Å². The molecule has 0 rings (SSSR count). The van der Waals surface area contributed by atoms with Crippen molar-refractivity contribution in [3.63, 3.8) is 0 Å². The minimum atomic E-state index is -0.667.